The first-order chi connectivity index (χ1) is 15.6. The van der Waals surface area contributed by atoms with Crippen molar-refractivity contribution in [2.75, 3.05) is 24.3 Å². The van der Waals surface area contributed by atoms with Crippen LogP contribution in [0.15, 0.2) is 47.6 Å². The number of nitrogens with one attached hydrogen (secondary N) is 1. The van der Waals surface area contributed by atoms with Gasteiger partial charge in [0, 0.05) is 16.8 Å². The zero-order chi connectivity index (χ0) is 22.5. The summed E-state index contributed by atoms with van der Waals surface area (Å²) < 4.78 is 17.3. The topological polar surface area (TPSA) is 116 Å². The number of hydrogen-bond acceptors (Lipinski definition) is 9. The molecule has 4 rings (SSSR count). The monoisotopic (exact) mass is 454 g/mol. The number of aromatic nitrogens is 3. The second-order valence-electron chi connectivity index (χ2n) is 6.69. The van der Waals surface area contributed by atoms with Crippen molar-refractivity contribution in [3.63, 3.8) is 0 Å². The Balaban J connectivity index is 1.73. The van der Waals surface area contributed by atoms with Crippen LogP contribution in [0.1, 0.15) is 25.6 Å². The molecular weight excluding hydrogens is 432 g/mol. The largest absolute Gasteiger partial charge is 0.490 e. The van der Waals surface area contributed by atoms with Crippen LogP contribution in [0.5, 0.6) is 17.4 Å². The Bertz CT molecular complexity index is 1130. The van der Waals surface area contributed by atoms with Gasteiger partial charge in [-0.05, 0) is 36.9 Å². The van der Waals surface area contributed by atoms with E-state index in [4.69, 9.17) is 19.3 Å². The average Bonchev–Trinajstić information content (AvgIpc) is 2.95. The number of benzene rings is 2. The number of carboxylic acids is 1. The molecule has 0 saturated heterocycles. The number of para-hydroxylation sites is 1. The lowest BCUT2D eigenvalue weighted by Crippen LogP contribution is -2.17. The second-order valence-corrected chi connectivity index (χ2v) is 7.92. The van der Waals surface area contributed by atoms with Crippen LogP contribution in [-0.2, 0) is 4.79 Å². The van der Waals surface area contributed by atoms with Gasteiger partial charge in [-0.1, -0.05) is 36.9 Å². The molecule has 2 aromatic carbocycles. The zero-order valence-corrected chi connectivity index (χ0v) is 18.4. The number of rotatable bonds is 8. The predicted octanol–water partition coefficient (Wildman–Crippen LogP) is 4.02. The third-order valence-electron chi connectivity index (χ3n) is 4.53. The number of carboxylic acid groups (broad SMARTS) is 1. The average molecular weight is 455 g/mol. The highest BCUT2D eigenvalue weighted by molar-refractivity contribution is 7.99. The van der Waals surface area contributed by atoms with Crippen molar-refractivity contribution >= 4 is 23.4 Å². The smallest absolute Gasteiger partial charge is 0.341 e. The number of hydrogen-bond donors (Lipinski definition) is 2. The minimum Gasteiger partial charge on any atom is -0.490 e. The lowest BCUT2D eigenvalue weighted by molar-refractivity contribution is -0.139. The first-order valence-electron chi connectivity index (χ1n) is 10.1. The van der Waals surface area contributed by atoms with Gasteiger partial charge in [0.05, 0.1) is 6.61 Å². The minimum atomic E-state index is -1.06. The maximum atomic E-state index is 10.9. The van der Waals surface area contributed by atoms with Crippen LogP contribution in [0.3, 0.4) is 0 Å². The van der Waals surface area contributed by atoms with Crippen molar-refractivity contribution in [3.8, 4) is 28.6 Å². The summed E-state index contributed by atoms with van der Waals surface area (Å²) in [7, 11) is 0. The van der Waals surface area contributed by atoms with Gasteiger partial charge >= 0.3 is 5.97 Å². The van der Waals surface area contributed by atoms with Crippen molar-refractivity contribution in [1.82, 2.24) is 15.2 Å². The van der Waals surface area contributed by atoms with E-state index in [9.17, 15) is 4.79 Å². The van der Waals surface area contributed by atoms with Gasteiger partial charge in [0.2, 0.25) is 11.0 Å². The molecule has 2 heterocycles. The Morgan fingerprint density at radius 2 is 2.00 bits per heavy atom. The maximum Gasteiger partial charge on any atom is 0.341 e. The molecule has 10 heteroatoms. The Labute approximate surface area is 189 Å². The number of ether oxygens (including phenoxy) is 3. The van der Waals surface area contributed by atoms with Crippen LogP contribution in [-0.4, -0.2) is 45.2 Å². The Morgan fingerprint density at radius 3 is 2.78 bits per heavy atom. The fourth-order valence-corrected chi connectivity index (χ4v) is 3.71. The van der Waals surface area contributed by atoms with E-state index in [0.717, 1.165) is 22.6 Å². The molecule has 3 aromatic rings. The summed E-state index contributed by atoms with van der Waals surface area (Å²) >= 11 is 1.48. The quantitative estimate of drug-likeness (QED) is 0.484. The molecule has 1 aliphatic rings. The standard InChI is InChI=1S/C22H22N4O5S/c1-3-29-17-11-13(9-10-16(17)30-12-18(27)28)20-23-15-8-6-5-7-14(15)19-21(31-20)24-22(26-25-19)32-4-2/h5-11,20,23H,3-4,12H2,1-2H3,(H,27,28)/t20-/m1/s1. The van der Waals surface area contributed by atoms with Gasteiger partial charge in [-0.15, -0.1) is 10.2 Å². The molecule has 0 radical (unpaired) electrons. The van der Waals surface area contributed by atoms with E-state index in [1.165, 1.54) is 11.8 Å². The van der Waals surface area contributed by atoms with Gasteiger partial charge in [-0.25, -0.2) is 4.79 Å². The third-order valence-corrected chi connectivity index (χ3v) is 5.25. The summed E-state index contributed by atoms with van der Waals surface area (Å²) in [6.45, 7) is 3.80. The molecule has 32 heavy (non-hydrogen) atoms. The lowest BCUT2D eigenvalue weighted by Gasteiger charge is -2.21. The van der Waals surface area contributed by atoms with Crippen LogP contribution in [0.2, 0.25) is 0 Å². The van der Waals surface area contributed by atoms with E-state index in [0.29, 0.717) is 34.8 Å². The number of aliphatic carboxylic acids is 1. The molecule has 0 aliphatic carbocycles. The number of nitrogens with zero attached hydrogens (tertiary/aromatic N) is 3. The summed E-state index contributed by atoms with van der Waals surface area (Å²) in [5.74, 6) is 0.901. The van der Waals surface area contributed by atoms with Gasteiger partial charge < -0.3 is 24.6 Å². The molecule has 1 aliphatic heterocycles. The predicted molar refractivity (Wildman–Crippen MR) is 119 cm³/mol. The van der Waals surface area contributed by atoms with Crippen LogP contribution >= 0.6 is 11.8 Å². The molecule has 0 spiro atoms. The molecule has 0 fully saturated rings. The molecule has 1 atom stereocenters. The van der Waals surface area contributed by atoms with Gasteiger partial charge in [0.25, 0.3) is 0 Å². The van der Waals surface area contributed by atoms with E-state index < -0.39 is 18.8 Å². The van der Waals surface area contributed by atoms with E-state index in [1.54, 1.807) is 18.2 Å². The summed E-state index contributed by atoms with van der Waals surface area (Å²) in [5, 5.41) is 21.4. The highest BCUT2D eigenvalue weighted by Gasteiger charge is 2.26. The summed E-state index contributed by atoms with van der Waals surface area (Å²) in [4.78, 5) is 15.5. The van der Waals surface area contributed by atoms with E-state index in [-0.39, 0.29) is 0 Å². The molecule has 9 nitrogen and oxygen atoms in total. The Morgan fingerprint density at radius 1 is 1.16 bits per heavy atom. The van der Waals surface area contributed by atoms with Crippen molar-refractivity contribution in [3.05, 3.63) is 48.0 Å². The van der Waals surface area contributed by atoms with Crippen LogP contribution in [0.25, 0.3) is 11.3 Å². The van der Waals surface area contributed by atoms with E-state index in [1.807, 2.05) is 38.1 Å². The van der Waals surface area contributed by atoms with Gasteiger partial charge in [0.15, 0.2) is 30.0 Å². The highest BCUT2D eigenvalue weighted by atomic mass is 32.2. The molecule has 0 amide bonds. The molecule has 2 N–H and O–H groups in total. The minimum absolute atomic E-state index is 0.345. The van der Waals surface area contributed by atoms with Crippen molar-refractivity contribution in [1.29, 1.82) is 0 Å². The number of fused-ring (bicyclic) bond motifs is 3. The van der Waals surface area contributed by atoms with E-state index >= 15 is 0 Å². The van der Waals surface area contributed by atoms with Crippen molar-refractivity contribution in [2.24, 2.45) is 0 Å². The number of carbonyl (C=O) groups is 1. The maximum absolute atomic E-state index is 10.9. The van der Waals surface area contributed by atoms with Crippen LogP contribution in [0.4, 0.5) is 5.69 Å². The molecule has 0 saturated carbocycles. The molecule has 0 bridgehead atoms. The highest BCUT2D eigenvalue weighted by Crippen LogP contribution is 2.40. The molecule has 0 unspecified atom stereocenters. The molecule has 166 valence electrons. The summed E-state index contributed by atoms with van der Waals surface area (Å²) in [6.07, 6.45) is -0.596. The van der Waals surface area contributed by atoms with Crippen LogP contribution < -0.4 is 19.5 Å². The van der Waals surface area contributed by atoms with Gasteiger partial charge in [-0.2, -0.15) is 4.98 Å². The molecule has 1 aromatic heterocycles. The third kappa shape index (κ3) is 4.70. The number of anilines is 1. The SMILES string of the molecule is CCOc1cc([C@@H]2Nc3ccccc3-c3nnc(SCC)nc3O2)ccc1OCC(=O)O. The first kappa shape index (κ1) is 21.7. The lowest BCUT2D eigenvalue weighted by atomic mass is 10.1. The summed E-state index contributed by atoms with van der Waals surface area (Å²) in [6, 6.07) is 12.9. The fraction of sp³-hybridized carbons (Fsp3) is 0.273. The normalized spacial score (nSPS) is 14.2. The number of thioether (sulfide) groups is 1. The fourth-order valence-electron chi connectivity index (χ4n) is 3.20. The zero-order valence-electron chi connectivity index (χ0n) is 17.6. The molecular formula is C22H22N4O5S. The Kier molecular flexibility index (Phi) is 6.60. The van der Waals surface area contributed by atoms with Gasteiger partial charge in [-0.3, -0.25) is 0 Å². The van der Waals surface area contributed by atoms with Gasteiger partial charge in [0.1, 0.15) is 0 Å². The Hall–Kier alpha value is -3.53. The first-order valence-corrected chi connectivity index (χ1v) is 11.1. The summed E-state index contributed by atoms with van der Waals surface area (Å²) in [5.41, 5.74) is 2.97. The second kappa shape index (κ2) is 9.73. The van der Waals surface area contributed by atoms with Crippen molar-refractivity contribution in [2.45, 2.75) is 25.2 Å². The van der Waals surface area contributed by atoms with Crippen LogP contribution in [0, 0.1) is 0 Å². The van der Waals surface area contributed by atoms with E-state index in [2.05, 4.69) is 20.5 Å². The van der Waals surface area contributed by atoms with Crippen molar-refractivity contribution < 1.29 is 24.1 Å².